The quantitative estimate of drug-likeness (QED) is 0.481. The van der Waals surface area contributed by atoms with Gasteiger partial charge in [0, 0.05) is 30.1 Å². The van der Waals surface area contributed by atoms with Crippen LogP contribution < -0.4 is 14.8 Å². The van der Waals surface area contributed by atoms with Crippen LogP contribution in [0.25, 0.3) is 0 Å². The molecule has 0 radical (unpaired) electrons. The maximum absolute atomic E-state index is 13.7. The summed E-state index contributed by atoms with van der Waals surface area (Å²) in [4.78, 5) is 28.7. The van der Waals surface area contributed by atoms with Gasteiger partial charge < -0.3 is 29.9 Å². The van der Waals surface area contributed by atoms with Gasteiger partial charge in [-0.1, -0.05) is 42.8 Å². The zero-order valence-electron chi connectivity index (χ0n) is 21.0. The molecule has 0 saturated heterocycles. The second-order valence-corrected chi connectivity index (χ2v) is 9.90. The van der Waals surface area contributed by atoms with Crippen molar-refractivity contribution in [2.45, 2.75) is 49.9 Å². The Labute approximate surface area is 216 Å². The van der Waals surface area contributed by atoms with Gasteiger partial charge in [0.05, 0.1) is 25.7 Å². The van der Waals surface area contributed by atoms with Crippen LogP contribution in [0.2, 0.25) is 0 Å². The first-order valence-corrected chi connectivity index (χ1v) is 13.0. The first-order valence-electron chi connectivity index (χ1n) is 13.0. The average Bonchev–Trinajstić information content (AvgIpc) is 3.28. The summed E-state index contributed by atoms with van der Waals surface area (Å²) in [6.45, 7) is 0.295. The maximum Gasteiger partial charge on any atom is 0.247 e. The molecule has 8 nitrogen and oxygen atoms in total. The molecule has 1 aliphatic heterocycles. The minimum Gasteiger partial charge on any atom is -0.496 e. The van der Waals surface area contributed by atoms with Crippen LogP contribution >= 0.6 is 0 Å². The summed E-state index contributed by atoms with van der Waals surface area (Å²) in [7, 11) is 1.62. The van der Waals surface area contributed by atoms with Crippen LogP contribution in [0.3, 0.4) is 0 Å². The number of aliphatic hydroxyl groups is 2. The molecule has 2 aromatic carbocycles. The van der Waals surface area contributed by atoms with E-state index in [0.29, 0.717) is 24.3 Å². The number of fused-ring (bicyclic) bond motifs is 3. The predicted octanol–water partition coefficient (Wildman–Crippen LogP) is 2.19. The van der Waals surface area contributed by atoms with Gasteiger partial charge in [-0.2, -0.15) is 0 Å². The number of carbonyl (C=O) groups is 2. The Morgan fingerprint density at radius 3 is 2.62 bits per heavy atom. The molecule has 5 rings (SSSR count). The highest BCUT2D eigenvalue weighted by atomic mass is 16.5. The van der Waals surface area contributed by atoms with Gasteiger partial charge in [0.1, 0.15) is 23.7 Å². The molecule has 2 aliphatic carbocycles. The van der Waals surface area contributed by atoms with Gasteiger partial charge in [0.15, 0.2) is 0 Å². The molecule has 0 bridgehead atoms. The SMILES string of the molecule is COc1ccccc1CCN(C(=O)C1CCC1)[C@@H]1C=C(C(=O)NCCO)[C@@H]2c3ccccc3O[C@@H]2[C@H]1O. The highest BCUT2D eigenvalue weighted by molar-refractivity contribution is 5.96. The summed E-state index contributed by atoms with van der Waals surface area (Å²) in [6, 6.07) is 14.4. The van der Waals surface area contributed by atoms with E-state index in [4.69, 9.17) is 9.47 Å². The Balaban J connectivity index is 1.50. The third kappa shape index (κ3) is 4.83. The van der Waals surface area contributed by atoms with Crippen molar-refractivity contribution in [2.24, 2.45) is 5.92 Å². The number of methoxy groups -OCH3 is 1. The Hall–Kier alpha value is -3.36. The van der Waals surface area contributed by atoms with Crippen LogP contribution in [0, 0.1) is 5.92 Å². The van der Waals surface area contributed by atoms with Crippen molar-refractivity contribution in [3.05, 3.63) is 71.3 Å². The third-order valence-electron chi connectivity index (χ3n) is 7.79. The smallest absolute Gasteiger partial charge is 0.247 e. The van der Waals surface area contributed by atoms with Crippen molar-refractivity contribution in [1.29, 1.82) is 0 Å². The molecule has 3 aliphatic rings. The monoisotopic (exact) mass is 506 g/mol. The third-order valence-corrected chi connectivity index (χ3v) is 7.79. The van der Waals surface area contributed by atoms with Crippen molar-refractivity contribution in [3.8, 4) is 11.5 Å². The van der Waals surface area contributed by atoms with Gasteiger partial charge in [-0.3, -0.25) is 9.59 Å². The maximum atomic E-state index is 13.7. The molecule has 1 heterocycles. The molecular weight excluding hydrogens is 472 g/mol. The van der Waals surface area contributed by atoms with Crippen molar-refractivity contribution >= 4 is 11.8 Å². The predicted molar refractivity (Wildman–Crippen MR) is 137 cm³/mol. The molecule has 8 heteroatoms. The van der Waals surface area contributed by atoms with E-state index in [2.05, 4.69) is 5.32 Å². The number of aliphatic hydroxyl groups excluding tert-OH is 2. The van der Waals surface area contributed by atoms with E-state index in [9.17, 15) is 19.8 Å². The number of nitrogens with zero attached hydrogens (tertiary/aromatic N) is 1. The summed E-state index contributed by atoms with van der Waals surface area (Å²) in [5.41, 5.74) is 2.25. The van der Waals surface area contributed by atoms with Gasteiger partial charge in [0.25, 0.3) is 0 Å². The van der Waals surface area contributed by atoms with Crippen LogP contribution in [-0.2, 0) is 16.0 Å². The van der Waals surface area contributed by atoms with E-state index < -0.39 is 24.2 Å². The lowest BCUT2D eigenvalue weighted by molar-refractivity contribution is -0.144. The first kappa shape index (κ1) is 25.3. The fourth-order valence-electron chi connectivity index (χ4n) is 5.64. The molecule has 2 amide bonds. The lowest BCUT2D eigenvalue weighted by atomic mass is 9.76. The highest BCUT2D eigenvalue weighted by Crippen LogP contribution is 2.47. The molecule has 37 heavy (non-hydrogen) atoms. The van der Waals surface area contributed by atoms with Crippen molar-refractivity contribution in [3.63, 3.8) is 0 Å². The Morgan fingerprint density at radius 1 is 1.14 bits per heavy atom. The van der Waals surface area contributed by atoms with Gasteiger partial charge in [-0.15, -0.1) is 0 Å². The van der Waals surface area contributed by atoms with Crippen LogP contribution in [-0.4, -0.2) is 72.0 Å². The Kier molecular flexibility index (Phi) is 7.48. The average molecular weight is 507 g/mol. The fourth-order valence-corrected chi connectivity index (χ4v) is 5.64. The van der Waals surface area contributed by atoms with Crippen molar-refractivity contribution in [1.82, 2.24) is 10.2 Å². The number of amides is 2. The van der Waals surface area contributed by atoms with Crippen molar-refractivity contribution in [2.75, 3.05) is 26.8 Å². The molecule has 2 aromatic rings. The number of carbonyl (C=O) groups excluding carboxylic acids is 2. The molecule has 0 spiro atoms. The number of hydrogen-bond acceptors (Lipinski definition) is 6. The molecule has 1 saturated carbocycles. The van der Waals surface area contributed by atoms with E-state index in [1.165, 1.54) is 0 Å². The van der Waals surface area contributed by atoms with E-state index in [-0.39, 0.29) is 30.9 Å². The zero-order chi connectivity index (χ0) is 25.9. The minimum absolute atomic E-state index is 0.00877. The first-order chi connectivity index (χ1) is 18.0. The molecule has 3 N–H and O–H groups in total. The lowest BCUT2D eigenvalue weighted by Gasteiger charge is -2.43. The molecule has 196 valence electrons. The second-order valence-electron chi connectivity index (χ2n) is 9.90. The Bertz CT molecular complexity index is 1180. The number of nitrogens with one attached hydrogen (secondary N) is 1. The number of benzene rings is 2. The molecule has 1 fully saturated rings. The fraction of sp³-hybridized carbons (Fsp3) is 0.448. The van der Waals surface area contributed by atoms with E-state index >= 15 is 0 Å². The normalized spacial score (nSPS) is 24.1. The molecular formula is C29H34N2O6. The number of ether oxygens (including phenoxy) is 2. The number of rotatable bonds is 9. The largest absolute Gasteiger partial charge is 0.496 e. The minimum atomic E-state index is -1.02. The number of para-hydroxylation sites is 2. The van der Waals surface area contributed by atoms with Gasteiger partial charge in [-0.25, -0.2) is 0 Å². The van der Waals surface area contributed by atoms with Crippen LogP contribution in [0.4, 0.5) is 0 Å². The highest BCUT2D eigenvalue weighted by Gasteiger charge is 2.51. The molecule has 0 unspecified atom stereocenters. The van der Waals surface area contributed by atoms with E-state index in [1.54, 1.807) is 18.1 Å². The summed E-state index contributed by atoms with van der Waals surface area (Å²) in [6.07, 6.45) is 3.23. The van der Waals surface area contributed by atoms with E-state index in [1.807, 2.05) is 48.5 Å². The molecule has 4 atom stereocenters. The second kappa shape index (κ2) is 10.9. The summed E-state index contributed by atoms with van der Waals surface area (Å²) < 4.78 is 11.7. The summed E-state index contributed by atoms with van der Waals surface area (Å²) >= 11 is 0. The van der Waals surface area contributed by atoms with Crippen LogP contribution in [0.1, 0.15) is 36.3 Å². The Morgan fingerprint density at radius 2 is 1.89 bits per heavy atom. The van der Waals surface area contributed by atoms with Gasteiger partial charge in [0.2, 0.25) is 11.8 Å². The van der Waals surface area contributed by atoms with E-state index in [0.717, 1.165) is 36.1 Å². The zero-order valence-corrected chi connectivity index (χ0v) is 21.0. The van der Waals surface area contributed by atoms with Crippen LogP contribution in [0.15, 0.2) is 60.2 Å². The standard InChI is InChI=1S/C29H34N2O6/c1-36-23-11-4-2-7-18(23)13-15-31(29(35)19-8-6-9-19)22-17-21(28(34)30-14-16-32)25-20-10-3-5-12-24(20)37-27(25)26(22)33/h2-5,7,10-12,17,19,22,25-27,32-33H,6,8-9,13-16H2,1H3,(H,30,34)/t22-,25+,26+,27+/m1/s1. The van der Waals surface area contributed by atoms with Crippen molar-refractivity contribution < 1.29 is 29.3 Å². The van der Waals surface area contributed by atoms with Crippen LogP contribution in [0.5, 0.6) is 11.5 Å². The van der Waals surface area contributed by atoms with Gasteiger partial charge >= 0.3 is 0 Å². The lowest BCUT2D eigenvalue weighted by Crippen LogP contribution is -2.57. The molecule has 0 aromatic heterocycles. The summed E-state index contributed by atoms with van der Waals surface area (Å²) in [5, 5.41) is 23.6. The van der Waals surface area contributed by atoms with Gasteiger partial charge in [-0.05, 0) is 43.0 Å². The summed E-state index contributed by atoms with van der Waals surface area (Å²) in [5.74, 6) is 0.494. The topological polar surface area (TPSA) is 108 Å². The number of hydrogen-bond donors (Lipinski definition) is 3.